The van der Waals surface area contributed by atoms with Crippen LogP contribution in [0.4, 0.5) is 0 Å². The molecule has 214 valence electrons. The van der Waals surface area contributed by atoms with Gasteiger partial charge in [-0.05, 0) is 103 Å². The molecule has 7 heteroatoms. The van der Waals surface area contributed by atoms with Crippen LogP contribution in [0.5, 0.6) is 0 Å². The summed E-state index contributed by atoms with van der Waals surface area (Å²) in [6.45, 7) is 13.7. The molecule has 7 nitrogen and oxygen atoms in total. The number of carbonyl (C=O) groups excluding carboxylic acids is 2. The number of fused-ring (bicyclic) bond motifs is 7. The van der Waals surface area contributed by atoms with E-state index in [2.05, 4.69) is 53.0 Å². The summed E-state index contributed by atoms with van der Waals surface area (Å²) in [5, 5.41) is 21.6. The maximum absolute atomic E-state index is 13.8. The molecule has 0 spiro atoms. The van der Waals surface area contributed by atoms with Crippen molar-refractivity contribution < 1.29 is 24.5 Å². The zero-order chi connectivity index (χ0) is 27.8. The van der Waals surface area contributed by atoms with Crippen LogP contribution >= 0.6 is 0 Å². The smallest absolute Gasteiger partial charge is 0.313 e. The van der Waals surface area contributed by atoms with Gasteiger partial charge in [0.25, 0.3) is 5.91 Å². The maximum Gasteiger partial charge on any atom is 0.313 e. The first-order valence-electron chi connectivity index (χ1n) is 15.0. The average Bonchev–Trinajstić information content (AvgIpc) is 2.88. The monoisotopic (exact) mass is 530 g/mol. The van der Waals surface area contributed by atoms with Crippen molar-refractivity contribution in [3.05, 3.63) is 11.6 Å². The highest BCUT2D eigenvalue weighted by Crippen LogP contribution is 2.75. The molecule has 0 aromatic rings. The predicted octanol–water partition coefficient (Wildman–Crippen LogP) is 4.12. The molecule has 5 N–H and O–H groups in total. The summed E-state index contributed by atoms with van der Waals surface area (Å²) >= 11 is 0. The largest absolute Gasteiger partial charge is 0.455 e. The van der Waals surface area contributed by atoms with E-state index in [0.29, 0.717) is 30.1 Å². The molecule has 5 aliphatic rings. The summed E-state index contributed by atoms with van der Waals surface area (Å²) in [6.07, 6.45) is 8.39. The number of ether oxygens (including phenoxy) is 1. The molecular formula is C31H50N2O5. The van der Waals surface area contributed by atoms with Crippen molar-refractivity contribution in [2.24, 2.45) is 63.0 Å². The molecule has 4 fully saturated rings. The molecule has 0 aromatic carbocycles. The van der Waals surface area contributed by atoms with Gasteiger partial charge in [-0.25, -0.2) is 5.84 Å². The number of hydrogen-bond donors (Lipinski definition) is 4. The number of aliphatic hydroxyl groups is 2. The molecule has 0 aliphatic heterocycles. The van der Waals surface area contributed by atoms with Crippen LogP contribution in [0.3, 0.4) is 0 Å². The van der Waals surface area contributed by atoms with Crippen molar-refractivity contribution in [1.82, 2.24) is 5.43 Å². The van der Waals surface area contributed by atoms with Gasteiger partial charge in [0.15, 0.2) is 6.61 Å². The first kappa shape index (κ1) is 28.1. The first-order valence-corrected chi connectivity index (χ1v) is 15.0. The first-order chi connectivity index (χ1) is 17.8. The van der Waals surface area contributed by atoms with Crippen molar-refractivity contribution in [2.75, 3.05) is 6.61 Å². The van der Waals surface area contributed by atoms with E-state index in [4.69, 9.17) is 10.6 Å². The molecule has 38 heavy (non-hydrogen) atoms. The standard InChI is InChI=1S/C31H50N2O5/c1-17-9-12-31(27(37)38-16-24(35)33-32)14-13-29(5)21(25(31)18(17)2)7-8-23-28(4)15-22(34)26(36)19(3)20(28)10-11-30(23,29)6/h7,17-20,22-23,25-26,34,36H,8-16,32H2,1-6H3,(H,33,35)/t17-,18+,19-,20?,22-,23?,25?,26-,28+,29-,30-,31+/m1/s1. The minimum absolute atomic E-state index is 0.0371. The molecule has 0 heterocycles. The molecule has 5 aliphatic carbocycles. The van der Waals surface area contributed by atoms with Crippen LogP contribution in [0.1, 0.15) is 92.9 Å². The van der Waals surface area contributed by atoms with Gasteiger partial charge in [-0.15, -0.1) is 0 Å². The number of allylic oxidation sites excluding steroid dienone is 2. The fraction of sp³-hybridized carbons (Fsp3) is 0.871. The predicted molar refractivity (Wildman–Crippen MR) is 145 cm³/mol. The fourth-order valence-electron chi connectivity index (χ4n) is 10.9. The minimum atomic E-state index is -0.675. The number of rotatable bonds is 3. The summed E-state index contributed by atoms with van der Waals surface area (Å²) in [4.78, 5) is 25.6. The van der Waals surface area contributed by atoms with Crippen molar-refractivity contribution in [2.45, 2.75) is 105 Å². The Morgan fingerprint density at radius 2 is 1.76 bits per heavy atom. The third-order valence-electron chi connectivity index (χ3n) is 13.4. The summed E-state index contributed by atoms with van der Waals surface area (Å²) in [5.74, 6) is 6.35. The number of nitrogens with one attached hydrogen (secondary N) is 1. The third-order valence-corrected chi connectivity index (χ3v) is 13.4. The second-order valence-electron chi connectivity index (χ2n) is 14.6. The van der Waals surface area contributed by atoms with E-state index >= 15 is 0 Å². The van der Waals surface area contributed by atoms with Crippen LogP contribution in [0.2, 0.25) is 0 Å². The Morgan fingerprint density at radius 1 is 1.05 bits per heavy atom. The second-order valence-corrected chi connectivity index (χ2v) is 14.6. The van der Waals surface area contributed by atoms with Gasteiger partial charge in [-0.3, -0.25) is 15.0 Å². The Labute approximate surface area is 228 Å². The van der Waals surface area contributed by atoms with Crippen molar-refractivity contribution >= 4 is 11.9 Å². The molecule has 0 bridgehead atoms. The normalized spacial score (nSPS) is 51.9. The van der Waals surface area contributed by atoms with Gasteiger partial charge in [-0.2, -0.15) is 0 Å². The quantitative estimate of drug-likeness (QED) is 0.143. The van der Waals surface area contributed by atoms with Gasteiger partial charge >= 0.3 is 5.97 Å². The molecule has 0 aromatic heterocycles. The summed E-state index contributed by atoms with van der Waals surface area (Å²) in [6, 6.07) is 0. The van der Waals surface area contributed by atoms with E-state index in [1.165, 1.54) is 5.57 Å². The van der Waals surface area contributed by atoms with E-state index in [0.717, 1.165) is 44.9 Å². The molecule has 4 saturated carbocycles. The highest BCUT2D eigenvalue weighted by molar-refractivity contribution is 5.83. The summed E-state index contributed by atoms with van der Waals surface area (Å²) < 4.78 is 5.63. The van der Waals surface area contributed by atoms with Crippen molar-refractivity contribution in [3.63, 3.8) is 0 Å². The average molecular weight is 531 g/mol. The Bertz CT molecular complexity index is 1010. The number of hydrogen-bond acceptors (Lipinski definition) is 6. The highest BCUT2D eigenvalue weighted by atomic mass is 16.5. The molecule has 3 unspecified atom stereocenters. The van der Waals surface area contributed by atoms with Gasteiger partial charge in [0.2, 0.25) is 0 Å². The van der Waals surface area contributed by atoms with Crippen LogP contribution in [0, 0.1) is 57.2 Å². The van der Waals surface area contributed by atoms with Gasteiger partial charge in [0.05, 0.1) is 17.6 Å². The van der Waals surface area contributed by atoms with Crippen molar-refractivity contribution in [3.8, 4) is 0 Å². The second kappa shape index (κ2) is 9.31. The fourth-order valence-corrected chi connectivity index (χ4v) is 10.9. The minimum Gasteiger partial charge on any atom is -0.455 e. The Morgan fingerprint density at radius 3 is 2.45 bits per heavy atom. The van der Waals surface area contributed by atoms with Crippen LogP contribution in [-0.4, -0.2) is 40.9 Å². The highest BCUT2D eigenvalue weighted by Gasteiger charge is 2.69. The van der Waals surface area contributed by atoms with E-state index < -0.39 is 23.5 Å². The van der Waals surface area contributed by atoms with Gasteiger partial charge < -0.3 is 14.9 Å². The molecule has 0 radical (unpaired) electrons. The Kier molecular flexibility index (Phi) is 6.88. The molecule has 0 saturated heterocycles. The zero-order valence-electron chi connectivity index (χ0n) is 24.3. The number of esters is 1. The maximum atomic E-state index is 13.8. The van der Waals surface area contributed by atoms with Crippen LogP contribution in [0.25, 0.3) is 0 Å². The summed E-state index contributed by atoms with van der Waals surface area (Å²) in [5.41, 5.74) is 2.86. The zero-order valence-corrected chi connectivity index (χ0v) is 24.3. The number of carbonyl (C=O) groups is 2. The molecule has 12 atom stereocenters. The van der Waals surface area contributed by atoms with E-state index in [-0.39, 0.29) is 40.7 Å². The number of hydrazine groups is 1. The van der Waals surface area contributed by atoms with Gasteiger partial charge in [-0.1, -0.05) is 53.2 Å². The molecular weight excluding hydrogens is 480 g/mol. The van der Waals surface area contributed by atoms with Crippen molar-refractivity contribution in [1.29, 1.82) is 0 Å². The Hall–Kier alpha value is -1.44. The van der Waals surface area contributed by atoms with Crippen LogP contribution < -0.4 is 11.3 Å². The lowest BCUT2D eigenvalue weighted by Gasteiger charge is -2.70. The molecule has 5 rings (SSSR count). The lowest BCUT2D eigenvalue weighted by atomic mass is 9.34. The SMILES string of the molecule is C[C@@H]1CC[C@]2(C(=O)OCC(=O)NN)CC[C@]3(C)C(=CCC4[C@@]5(C)C[C@@H](O)[C@H](O)[C@H](C)C5CC[C@]43C)C2[C@H]1C. The van der Waals surface area contributed by atoms with Crippen LogP contribution in [-0.2, 0) is 14.3 Å². The number of amides is 1. The summed E-state index contributed by atoms with van der Waals surface area (Å²) in [7, 11) is 0. The number of nitrogens with two attached hydrogens (primary N) is 1. The van der Waals surface area contributed by atoms with Gasteiger partial charge in [0.1, 0.15) is 0 Å². The lowest BCUT2D eigenvalue weighted by molar-refractivity contribution is -0.209. The molecule has 1 amide bonds. The number of aliphatic hydroxyl groups excluding tert-OH is 2. The van der Waals surface area contributed by atoms with Gasteiger partial charge in [0, 0.05) is 0 Å². The van der Waals surface area contributed by atoms with E-state index in [1.807, 2.05) is 0 Å². The lowest BCUT2D eigenvalue weighted by Crippen LogP contribution is -2.65. The van der Waals surface area contributed by atoms with E-state index in [1.54, 1.807) is 0 Å². The Balaban J connectivity index is 1.55. The van der Waals surface area contributed by atoms with Crippen LogP contribution in [0.15, 0.2) is 11.6 Å². The third kappa shape index (κ3) is 3.63. The topological polar surface area (TPSA) is 122 Å². The van der Waals surface area contributed by atoms with E-state index in [9.17, 15) is 19.8 Å².